The average Bonchev–Trinajstić information content (AvgIpc) is 3.80. The Morgan fingerprint density at radius 1 is 0.595 bits per heavy atom. The van der Waals surface area contributed by atoms with Crippen LogP contribution < -0.4 is 0 Å². The number of rotatable bonds is 3. The standard InChI is InChI=1S/C25H18O2.C13H22.C2H6/c26-19-13-9-17(10-14-19)25(18-11-15-20(27)16-12-18)23-7-3-1-5-21(23)22-6-2-4-8-24(22)25;1-8(2)12-6-9-7-13(12)11-5-3-4-10(9)11;1-2/h1-16,26-27H;8-13H,3-7H2,1-2H3;1-2H3. The Hall–Kier alpha value is -3.52. The van der Waals surface area contributed by atoms with Crippen molar-refractivity contribution in [2.45, 2.75) is 65.2 Å². The Bertz CT molecular complexity index is 1400. The molecule has 0 aliphatic heterocycles. The zero-order valence-electron chi connectivity index (χ0n) is 25.6. The van der Waals surface area contributed by atoms with Gasteiger partial charge in [-0.05, 0) is 119 Å². The molecule has 2 bridgehead atoms. The van der Waals surface area contributed by atoms with Gasteiger partial charge in [0.15, 0.2) is 0 Å². The fourth-order valence-corrected chi connectivity index (χ4v) is 9.33. The minimum absolute atomic E-state index is 0.249. The van der Waals surface area contributed by atoms with Crippen molar-refractivity contribution >= 4 is 0 Å². The number of aromatic hydroxyl groups is 2. The molecule has 218 valence electrons. The van der Waals surface area contributed by atoms with E-state index >= 15 is 0 Å². The third-order valence-corrected chi connectivity index (χ3v) is 10.9. The first-order valence-electron chi connectivity index (χ1n) is 16.3. The van der Waals surface area contributed by atoms with E-state index in [1.54, 1.807) is 56.4 Å². The second kappa shape index (κ2) is 11.6. The van der Waals surface area contributed by atoms with E-state index in [1.165, 1.54) is 34.1 Å². The highest BCUT2D eigenvalue weighted by atomic mass is 16.3. The summed E-state index contributed by atoms with van der Waals surface area (Å²) in [6, 6.07) is 31.9. The number of hydrogen-bond acceptors (Lipinski definition) is 2. The molecule has 2 N–H and O–H groups in total. The number of hydrogen-bond donors (Lipinski definition) is 2. The maximum Gasteiger partial charge on any atom is 0.115 e. The van der Waals surface area contributed by atoms with Crippen molar-refractivity contribution in [1.29, 1.82) is 0 Å². The molecule has 8 rings (SSSR count). The predicted octanol–water partition coefficient (Wildman–Crippen LogP) is 10.2. The van der Waals surface area contributed by atoms with Crippen LogP contribution in [0.1, 0.15) is 82.1 Å². The summed E-state index contributed by atoms with van der Waals surface area (Å²) in [5, 5.41) is 19.7. The van der Waals surface area contributed by atoms with Gasteiger partial charge in [0.25, 0.3) is 0 Å². The average molecular weight is 559 g/mol. The molecule has 0 aromatic heterocycles. The van der Waals surface area contributed by atoms with Crippen molar-refractivity contribution in [2.75, 3.05) is 0 Å². The summed E-state index contributed by atoms with van der Waals surface area (Å²) in [6.45, 7) is 8.88. The molecule has 5 atom stereocenters. The van der Waals surface area contributed by atoms with Gasteiger partial charge in [0.2, 0.25) is 0 Å². The predicted molar refractivity (Wildman–Crippen MR) is 174 cm³/mol. The maximum absolute atomic E-state index is 9.85. The second-order valence-electron chi connectivity index (χ2n) is 13.0. The highest BCUT2D eigenvalue weighted by Gasteiger charge is 2.54. The fourth-order valence-electron chi connectivity index (χ4n) is 9.33. The Morgan fingerprint density at radius 3 is 1.57 bits per heavy atom. The van der Waals surface area contributed by atoms with E-state index in [-0.39, 0.29) is 11.5 Å². The summed E-state index contributed by atoms with van der Waals surface area (Å²) in [6.07, 6.45) is 7.90. The van der Waals surface area contributed by atoms with Gasteiger partial charge in [-0.1, -0.05) is 107 Å². The normalized spacial score (nSPS) is 25.5. The van der Waals surface area contributed by atoms with E-state index in [9.17, 15) is 10.2 Å². The monoisotopic (exact) mass is 558 g/mol. The summed E-state index contributed by atoms with van der Waals surface area (Å²) in [7, 11) is 0. The molecular weight excluding hydrogens is 512 g/mol. The molecule has 3 fully saturated rings. The van der Waals surface area contributed by atoms with Crippen LogP contribution in [0.3, 0.4) is 0 Å². The number of benzene rings is 4. The van der Waals surface area contributed by atoms with Crippen molar-refractivity contribution in [3.05, 3.63) is 119 Å². The first-order valence-corrected chi connectivity index (χ1v) is 16.3. The summed E-state index contributed by atoms with van der Waals surface area (Å²) in [4.78, 5) is 0. The van der Waals surface area contributed by atoms with Gasteiger partial charge >= 0.3 is 0 Å². The lowest BCUT2D eigenvalue weighted by atomic mass is 9.68. The summed E-state index contributed by atoms with van der Waals surface area (Å²) in [5.74, 6) is 7.22. The van der Waals surface area contributed by atoms with Gasteiger partial charge in [0.1, 0.15) is 11.5 Å². The van der Waals surface area contributed by atoms with Crippen LogP contribution in [0.25, 0.3) is 11.1 Å². The van der Waals surface area contributed by atoms with Gasteiger partial charge in [0.05, 0.1) is 5.41 Å². The van der Waals surface area contributed by atoms with Crippen LogP contribution in [-0.2, 0) is 5.41 Å². The van der Waals surface area contributed by atoms with E-state index in [0.717, 1.165) is 34.8 Å². The molecule has 0 amide bonds. The molecule has 5 unspecified atom stereocenters. The Kier molecular flexibility index (Phi) is 7.92. The molecule has 3 saturated carbocycles. The minimum Gasteiger partial charge on any atom is -0.508 e. The van der Waals surface area contributed by atoms with E-state index in [2.05, 4.69) is 62.4 Å². The van der Waals surface area contributed by atoms with Gasteiger partial charge in [-0.3, -0.25) is 0 Å². The lowest BCUT2D eigenvalue weighted by Crippen LogP contribution is -2.28. The lowest BCUT2D eigenvalue weighted by Gasteiger charge is -2.33. The van der Waals surface area contributed by atoms with Crippen molar-refractivity contribution < 1.29 is 10.2 Å². The Morgan fingerprint density at radius 2 is 1.07 bits per heavy atom. The molecule has 42 heavy (non-hydrogen) atoms. The van der Waals surface area contributed by atoms with E-state index in [0.29, 0.717) is 0 Å². The van der Waals surface area contributed by atoms with Gasteiger partial charge in [-0.2, -0.15) is 0 Å². The topological polar surface area (TPSA) is 40.5 Å². The van der Waals surface area contributed by atoms with E-state index < -0.39 is 5.41 Å². The van der Waals surface area contributed by atoms with Crippen LogP contribution in [0.2, 0.25) is 0 Å². The first-order chi connectivity index (χ1) is 20.5. The zero-order valence-corrected chi connectivity index (χ0v) is 25.6. The van der Waals surface area contributed by atoms with Gasteiger partial charge < -0.3 is 10.2 Å². The van der Waals surface area contributed by atoms with Crippen LogP contribution in [0.5, 0.6) is 11.5 Å². The van der Waals surface area contributed by atoms with Crippen molar-refractivity contribution in [2.24, 2.45) is 35.5 Å². The molecule has 4 aliphatic rings. The minimum atomic E-state index is -0.491. The van der Waals surface area contributed by atoms with Crippen molar-refractivity contribution in [1.82, 2.24) is 0 Å². The Labute approximate surface area is 252 Å². The molecule has 2 heteroatoms. The van der Waals surface area contributed by atoms with Crippen LogP contribution in [0, 0.1) is 35.5 Å². The fraction of sp³-hybridized carbons (Fsp3) is 0.400. The summed E-state index contributed by atoms with van der Waals surface area (Å²) >= 11 is 0. The van der Waals surface area contributed by atoms with E-state index in [1.807, 2.05) is 38.1 Å². The second-order valence-corrected chi connectivity index (χ2v) is 13.0. The third kappa shape index (κ3) is 4.55. The third-order valence-electron chi connectivity index (χ3n) is 10.9. The van der Waals surface area contributed by atoms with Crippen LogP contribution >= 0.6 is 0 Å². The molecule has 4 aromatic rings. The first kappa shape index (κ1) is 28.6. The Balaban J connectivity index is 0.000000175. The van der Waals surface area contributed by atoms with Gasteiger partial charge in [-0.25, -0.2) is 0 Å². The van der Waals surface area contributed by atoms with Crippen LogP contribution in [0.4, 0.5) is 0 Å². The van der Waals surface area contributed by atoms with Crippen LogP contribution in [0.15, 0.2) is 97.1 Å². The van der Waals surface area contributed by atoms with Gasteiger partial charge in [0, 0.05) is 0 Å². The van der Waals surface area contributed by atoms with E-state index in [4.69, 9.17) is 0 Å². The number of phenolic OH excluding ortho intramolecular Hbond substituents is 2. The largest absolute Gasteiger partial charge is 0.508 e. The van der Waals surface area contributed by atoms with Crippen molar-refractivity contribution in [3.63, 3.8) is 0 Å². The molecule has 0 radical (unpaired) electrons. The highest BCUT2D eigenvalue weighted by molar-refractivity contribution is 5.86. The molecule has 2 nitrogen and oxygen atoms in total. The van der Waals surface area contributed by atoms with Gasteiger partial charge in [-0.15, -0.1) is 0 Å². The maximum atomic E-state index is 9.85. The molecule has 4 aliphatic carbocycles. The highest BCUT2D eigenvalue weighted by Crippen LogP contribution is 2.62. The smallest absolute Gasteiger partial charge is 0.115 e. The van der Waals surface area contributed by atoms with Crippen LogP contribution in [-0.4, -0.2) is 10.2 Å². The molecule has 0 spiro atoms. The molecular formula is C40H46O2. The molecule has 0 saturated heterocycles. The lowest BCUT2D eigenvalue weighted by molar-refractivity contribution is 0.152. The quantitative estimate of drug-likeness (QED) is 0.231. The number of phenols is 2. The summed E-state index contributed by atoms with van der Waals surface area (Å²) < 4.78 is 0. The molecule has 0 heterocycles. The zero-order chi connectivity index (χ0) is 29.4. The number of fused-ring (bicyclic) bond motifs is 8. The SMILES string of the molecule is CC.CC(C)C1CC2CC1C1CCCC21.Oc1ccc(C2(c3ccc(O)cc3)c3ccccc3-c3ccccc32)cc1. The summed E-state index contributed by atoms with van der Waals surface area (Å²) in [5.41, 5.74) is 6.54. The molecule has 4 aromatic carbocycles. The van der Waals surface area contributed by atoms with Crippen molar-refractivity contribution in [3.8, 4) is 22.6 Å².